The van der Waals surface area contributed by atoms with E-state index in [1.807, 2.05) is 54.6 Å². The first-order valence-electron chi connectivity index (χ1n) is 10.0. The van der Waals surface area contributed by atoms with Crippen molar-refractivity contribution in [3.8, 4) is 5.75 Å². The molecule has 0 saturated carbocycles. The van der Waals surface area contributed by atoms with E-state index in [1.165, 1.54) is 23.5 Å². The first-order chi connectivity index (χ1) is 15.7. The Morgan fingerprint density at radius 1 is 1.00 bits per heavy atom. The SMILES string of the molecule is O=C(COc1ccc2ccccc2c1)N(Cc1cccnc1)c1nc2ccc(F)cc2s1. The van der Waals surface area contributed by atoms with Gasteiger partial charge in [0.25, 0.3) is 5.91 Å². The van der Waals surface area contributed by atoms with Crippen molar-refractivity contribution in [3.63, 3.8) is 0 Å². The number of nitrogens with zero attached hydrogens (tertiary/aromatic N) is 3. The van der Waals surface area contributed by atoms with Crippen LogP contribution >= 0.6 is 11.3 Å². The Bertz CT molecular complexity index is 1400. The number of benzene rings is 3. The van der Waals surface area contributed by atoms with Gasteiger partial charge in [-0.15, -0.1) is 0 Å². The number of aromatic nitrogens is 2. The highest BCUT2D eigenvalue weighted by Gasteiger charge is 2.21. The molecule has 0 atom stereocenters. The van der Waals surface area contributed by atoms with E-state index in [2.05, 4.69) is 9.97 Å². The molecule has 158 valence electrons. The smallest absolute Gasteiger partial charge is 0.267 e. The molecule has 0 aliphatic carbocycles. The second kappa shape index (κ2) is 8.72. The van der Waals surface area contributed by atoms with E-state index in [0.29, 0.717) is 21.1 Å². The molecule has 7 heteroatoms. The molecule has 0 radical (unpaired) electrons. The molecule has 3 aromatic carbocycles. The number of hydrogen-bond acceptors (Lipinski definition) is 5. The molecule has 0 unspecified atom stereocenters. The van der Waals surface area contributed by atoms with Gasteiger partial charge < -0.3 is 4.74 Å². The molecule has 5 aromatic rings. The summed E-state index contributed by atoms with van der Waals surface area (Å²) in [5.41, 5.74) is 1.50. The average molecular weight is 444 g/mol. The van der Waals surface area contributed by atoms with Crippen LogP contribution < -0.4 is 9.64 Å². The number of thiazole rings is 1. The predicted molar refractivity (Wildman–Crippen MR) is 124 cm³/mol. The van der Waals surface area contributed by atoms with Gasteiger partial charge in [0.05, 0.1) is 16.8 Å². The van der Waals surface area contributed by atoms with Crippen molar-refractivity contribution in [1.82, 2.24) is 9.97 Å². The van der Waals surface area contributed by atoms with Crippen LogP contribution in [0.3, 0.4) is 0 Å². The average Bonchev–Trinajstić information content (AvgIpc) is 3.24. The highest BCUT2D eigenvalue weighted by molar-refractivity contribution is 7.22. The quantitative estimate of drug-likeness (QED) is 0.343. The van der Waals surface area contributed by atoms with Crippen molar-refractivity contribution >= 4 is 43.4 Å². The molecule has 2 heterocycles. The number of amides is 1. The molecule has 0 aliphatic heterocycles. The van der Waals surface area contributed by atoms with Crippen molar-refractivity contribution in [3.05, 3.63) is 96.6 Å². The van der Waals surface area contributed by atoms with Gasteiger partial charge >= 0.3 is 0 Å². The van der Waals surface area contributed by atoms with Gasteiger partial charge in [0.2, 0.25) is 0 Å². The van der Waals surface area contributed by atoms with E-state index in [9.17, 15) is 9.18 Å². The second-order valence-corrected chi connectivity index (χ2v) is 8.26. The van der Waals surface area contributed by atoms with Gasteiger partial charge in [-0.25, -0.2) is 9.37 Å². The lowest BCUT2D eigenvalue weighted by Gasteiger charge is -2.20. The molecule has 32 heavy (non-hydrogen) atoms. The van der Waals surface area contributed by atoms with Gasteiger partial charge in [-0.3, -0.25) is 14.7 Å². The Balaban J connectivity index is 1.41. The Hall–Kier alpha value is -3.84. The Labute approximate surface area is 187 Å². The van der Waals surface area contributed by atoms with Crippen LogP contribution in [0, 0.1) is 5.82 Å². The van der Waals surface area contributed by atoms with Crippen LogP contribution in [-0.4, -0.2) is 22.5 Å². The maximum atomic E-state index is 13.6. The van der Waals surface area contributed by atoms with Gasteiger partial charge in [0.1, 0.15) is 11.6 Å². The summed E-state index contributed by atoms with van der Waals surface area (Å²) in [5, 5.41) is 2.63. The van der Waals surface area contributed by atoms with Crippen LogP contribution in [0.5, 0.6) is 5.75 Å². The lowest BCUT2D eigenvalue weighted by molar-refractivity contribution is -0.120. The van der Waals surface area contributed by atoms with Gasteiger partial charge in [0, 0.05) is 12.4 Å². The minimum absolute atomic E-state index is 0.150. The molecular formula is C25H18FN3O2S. The fourth-order valence-electron chi connectivity index (χ4n) is 3.42. The number of halogens is 1. The topological polar surface area (TPSA) is 55.3 Å². The van der Waals surface area contributed by atoms with E-state index < -0.39 is 0 Å². The Kier molecular flexibility index (Phi) is 5.47. The zero-order valence-corrected chi connectivity index (χ0v) is 17.8. The van der Waals surface area contributed by atoms with Crippen molar-refractivity contribution in [2.24, 2.45) is 0 Å². The van der Waals surface area contributed by atoms with E-state index >= 15 is 0 Å². The summed E-state index contributed by atoms with van der Waals surface area (Å²) in [6.45, 7) is 0.138. The van der Waals surface area contributed by atoms with E-state index in [4.69, 9.17) is 4.74 Å². The van der Waals surface area contributed by atoms with Crippen LogP contribution in [-0.2, 0) is 11.3 Å². The zero-order chi connectivity index (χ0) is 21.9. The van der Waals surface area contributed by atoms with Crippen LogP contribution in [0.1, 0.15) is 5.56 Å². The number of carbonyl (C=O) groups excluding carboxylic acids is 1. The third kappa shape index (κ3) is 4.29. The molecule has 5 rings (SSSR count). The maximum absolute atomic E-state index is 13.6. The first-order valence-corrected chi connectivity index (χ1v) is 10.8. The molecule has 0 saturated heterocycles. The number of ether oxygens (including phenoxy) is 1. The molecule has 5 nitrogen and oxygen atoms in total. The normalized spacial score (nSPS) is 11.0. The monoisotopic (exact) mass is 443 g/mol. The predicted octanol–water partition coefficient (Wildman–Crippen LogP) is 5.60. The fourth-order valence-corrected chi connectivity index (χ4v) is 4.43. The minimum atomic E-state index is -0.336. The molecule has 0 N–H and O–H groups in total. The van der Waals surface area contributed by atoms with Gasteiger partial charge in [-0.05, 0) is 52.7 Å². The van der Waals surface area contributed by atoms with Crippen molar-refractivity contribution < 1.29 is 13.9 Å². The zero-order valence-electron chi connectivity index (χ0n) is 16.9. The summed E-state index contributed by atoms with van der Waals surface area (Å²) in [5.74, 6) is 0.0313. The number of hydrogen-bond donors (Lipinski definition) is 0. The van der Waals surface area contributed by atoms with Gasteiger partial charge in [-0.2, -0.15) is 0 Å². The third-order valence-electron chi connectivity index (χ3n) is 5.02. The molecule has 0 bridgehead atoms. The lowest BCUT2D eigenvalue weighted by atomic mass is 10.1. The first kappa shape index (κ1) is 20.1. The summed E-state index contributed by atoms with van der Waals surface area (Å²) in [7, 11) is 0. The maximum Gasteiger partial charge on any atom is 0.267 e. The summed E-state index contributed by atoms with van der Waals surface area (Å²) in [4.78, 5) is 23.4. The summed E-state index contributed by atoms with van der Waals surface area (Å²) in [6, 6.07) is 21.8. The van der Waals surface area contributed by atoms with Crippen molar-refractivity contribution in [2.45, 2.75) is 6.54 Å². The standard InChI is InChI=1S/C25H18FN3O2S/c26-20-8-10-22-23(13-20)32-25(28-22)29(15-17-4-3-11-27-14-17)24(30)16-31-21-9-7-18-5-1-2-6-19(18)12-21/h1-14H,15-16H2. The van der Waals surface area contributed by atoms with Crippen molar-refractivity contribution in [2.75, 3.05) is 11.5 Å². The largest absolute Gasteiger partial charge is 0.484 e. The number of carbonyl (C=O) groups is 1. The van der Waals surface area contributed by atoms with Crippen LogP contribution in [0.2, 0.25) is 0 Å². The minimum Gasteiger partial charge on any atom is -0.484 e. The van der Waals surface area contributed by atoms with E-state index in [-0.39, 0.29) is 24.9 Å². The number of rotatable bonds is 6. The fraction of sp³-hybridized carbons (Fsp3) is 0.0800. The van der Waals surface area contributed by atoms with Crippen LogP contribution in [0.25, 0.3) is 21.0 Å². The Morgan fingerprint density at radius 2 is 1.88 bits per heavy atom. The lowest BCUT2D eigenvalue weighted by Crippen LogP contribution is -2.34. The molecule has 0 spiro atoms. The second-order valence-electron chi connectivity index (χ2n) is 7.25. The number of anilines is 1. The highest BCUT2D eigenvalue weighted by atomic mass is 32.1. The number of fused-ring (bicyclic) bond motifs is 2. The van der Waals surface area contributed by atoms with Gasteiger partial charge in [0.15, 0.2) is 11.7 Å². The molecule has 0 fully saturated rings. The molecule has 0 aliphatic rings. The summed E-state index contributed by atoms with van der Waals surface area (Å²) < 4.78 is 20.1. The van der Waals surface area contributed by atoms with Crippen LogP contribution in [0.4, 0.5) is 9.52 Å². The van der Waals surface area contributed by atoms with Crippen molar-refractivity contribution in [1.29, 1.82) is 0 Å². The van der Waals surface area contributed by atoms with E-state index in [1.54, 1.807) is 23.4 Å². The number of pyridine rings is 1. The highest BCUT2D eigenvalue weighted by Crippen LogP contribution is 2.30. The molecule has 1 amide bonds. The summed E-state index contributed by atoms with van der Waals surface area (Å²) in [6.07, 6.45) is 3.39. The molecule has 2 aromatic heterocycles. The third-order valence-corrected chi connectivity index (χ3v) is 6.06. The van der Waals surface area contributed by atoms with Crippen LogP contribution in [0.15, 0.2) is 85.2 Å². The van der Waals surface area contributed by atoms with Gasteiger partial charge in [-0.1, -0.05) is 47.7 Å². The summed E-state index contributed by atoms with van der Waals surface area (Å²) >= 11 is 1.27. The Morgan fingerprint density at radius 3 is 2.72 bits per heavy atom. The van der Waals surface area contributed by atoms with E-state index in [0.717, 1.165) is 16.3 Å². The molecular weight excluding hydrogens is 425 g/mol.